The molecule has 1 aromatic heterocycles. The van der Waals surface area contributed by atoms with Crippen LogP contribution in [0.15, 0.2) is 16.9 Å². The van der Waals surface area contributed by atoms with Crippen LogP contribution in [0.25, 0.3) is 0 Å². The number of nitrogens with zero attached hydrogens (tertiary/aromatic N) is 1. The second kappa shape index (κ2) is 4.83. The molecule has 4 nitrogen and oxygen atoms in total. The molecule has 0 spiro atoms. The number of hydrogen-bond donors (Lipinski definition) is 1. The predicted molar refractivity (Wildman–Crippen MR) is 73.9 cm³/mol. The van der Waals surface area contributed by atoms with E-state index in [1.807, 2.05) is 20.8 Å². The van der Waals surface area contributed by atoms with Crippen LogP contribution in [0.2, 0.25) is 0 Å². The Kier molecular flexibility index (Phi) is 3.52. The normalized spacial score (nSPS) is 16.8. The molecule has 1 saturated carbocycles. The van der Waals surface area contributed by atoms with Crippen molar-refractivity contribution in [1.82, 2.24) is 4.57 Å². The number of carboxylic acid groups (broad SMARTS) is 1. The molecule has 19 heavy (non-hydrogen) atoms. The topological polar surface area (TPSA) is 59.3 Å². The maximum atomic E-state index is 12.4. The highest BCUT2D eigenvalue weighted by molar-refractivity contribution is 5.87. The van der Waals surface area contributed by atoms with E-state index >= 15 is 0 Å². The van der Waals surface area contributed by atoms with Gasteiger partial charge >= 0.3 is 5.97 Å². The van der Waals surface area contributed by atoms with E-state index in [0.29, 0.717) is 0 Å². The summed E-state index contributed by atoms with van der Waals surface area (Å²) in [6.07, 6.45) is 4.15. The van der Waals surface area contributed by atoms with Crippen LogP contribution in [0, 0.1) is 0 Å². The Morgan fingerprint density at radius 1 is 1.26 bits per heavy atom. The molecule has 1 fully saturated rings. The van der Waals surface area contributed by atoms with E-state index in [-0.39, 0.29) is 22.6 Å². The van der Waals surface area contributed by atoms with Gasteiger partial charge < -0.3 is 9.67 Å². The second-order valence-corrected chi connectivity index (χ2v) is 6.30. The van der Waals surface area contributed by atoms with Crippen LogP contribution < -0.4 is 5.56 Å². The molecule has 1 aliphatic rings. The zero-order valence-electron chi connectivity index (χ0n) is 11.8. The van der Waals surface area contributed by atoms with Crippen molar-refractivity contribution in [2.45, 2.75) is 57.9 Å². The van der Waals surface area contributed by atoms with Crippen molar-refractivity contribution in [3.05, 3.63) is 33.7 Å². The summed E-state index contributed by atoms with van der Waals surface area (Å²) in [4.78, 5) is 23.6. The Labute approximate surface area is 113 Å². The third-order valence-electron chi connectivity index (χ3n) is 3.81. The fourth-order valence-corrected chi connectivity index (χ4v) is 2.85. The number of rotatable bonds is 2. The molecule has 0 aliphatic heterocycles. The minimum Gasteiger partial charge on any atom is -0.477 e. The summed E-state index contributed by atoms with van der Waals surface area (Å²) in [6.45, 7) is 6.15. The minimum atomic E-state index is -1.14. The van der Waals surface area contributed by atoms with Crippen LogP contribution in [-0.2, 0) is 5.41 Å². The molecular weight excluding hydrogens is 242 g/mol. The molecule has 1 N–H and O–H groups in total. The number of carboxylic acids is 1. The lowest BCUT2D eigenvalue weighted by Crippen LogP contribution is -2.35. The average molecular weight is 263 g/mol. The van der Waals surface area contributed by atoms with E-state index in [1.165, 1.54) is 6.07 Å². The summed E-state index contributed by atoms with van der Waals surface area (Å²) in [6, 6.07) is 3.39. The highest BCUT2D eigenvalue weighted by Gasteiger charge is 2.27. The van der Waals surface area contributed by atoms with Crippen molar-refractivity contribution < 1.29 is 9.90 Å². The van der Waals surface area contributed by atoms with Gasteiger partial charge in [-0.3, -0.25) is 4.79 Å². The maximum absolute atomic E-state index is 12.4. The largest absolute Gasteiger partial charge is 0.477 e. The van der Waals surface area contributed by atoms with Gasteiger partial charge in [0.25, 0.3) is 5.56 Å². The SMILES string of the molecule is CC(C)(C)c1ccc(C(=O)O)c(=O)n1C1CCCC1. The summed E-state index contributed by atoms with van der Waals surface area (Å²) in [5.74, 6) is -1.14. The molecule has 1 aromatic rings. The molecule has 2 rings (SSSR count). The summed E-state index contributed by atoms with van der Waals surface area (Å²) in [7, 11) is 0. The monoisotopic (exact) mass is 263 g/mol. The predicted octanol–water partition coefficient (Wildman–Crippen LogP) is 2.96. The molecule has 0 aromatic carbocycles. The Hall–Kier alpha value is -1.58. The fourth-order valence-electron chi connectivity index (χ4n) is 2.85. The lowest BCUT2D eigenvalue weighted by molar-refractivity contribution is 0.0693. The van der Waals surface area contributed by atoms with Gasteiger partial charge in [0.2, 0.25) is 0 Å². The second-order valence-electron chi connectivity index (χ2n) is 6.30. The lowest BCUT2D eigenvalue weighted by atomic mass is 9.90. The molecule has 1 heterocycles. The average Bonchev–Trinajstić information content (AvgIpc) is 2.79. The van der Waals surface area contributed by atoms with Gasteiger partial charge in [-0.1, -0.05) is 33.6 Å². The first-order chi connectivity index (χ1) is 8.82. The van der Waals surface area contributed by atoms with Gasteiger partial charge in [0.15, 0.2) is 0 Å². The quantitative estimate of drug-likeness (QED) is 0.892. The van der Waals surface area contributed by atoms with E-state index in [1.54, 1.807) is 10.6 Å². The van der Waals surface area contributed by atoms with Crippen LogP contribution in [0.4, 0.5) is 0 Å². The van der Waals surface area contributed by atoms with Crippen molar-refractivity contribution in [2.24, 2.45) is 0 Å². The lowest BCUT2D eigenvalue weighted by Gasteiger charge is -2.27. The maximum Gasteiger partial charge on any atom is 0.341 e. The Morgan fingerprint density at radius 2 is 1.84 bits per heavy atom. The zero-order valence-corrected chi connectivity index (χ0v) is 11.8. The molecular formula is C15H21NO3. The Balaban J connectivity index is 2.66. The molecule has 4 heteroatoms. The first-order valence-electron chi connectivity index (χ1n) is 6.81. The van der Waals surface area contributed by atoms with E-state index in [9.17, 15) is 9.59 Å². The molecule has 0 amide bonds. The van der Waals surface area contributed by atoms with Crippen molar-refractivity contribution in [3.63, 3.8) is 0 Å². The summed E-state index contributed by atoms with van der Waals surface area (Å²) in [5, 5.41) is 9.11. The summed E-state index contributed by atoms with van der Waals surface area (Å²) >= 11 is 0. The Bertz CT molecular complexity index is 545. The number of aromatic nitrogens is 1. The van der Waals surface area contributed by atoms with Crippen LogP contribution in [0.3, 0.4) is 0 Å². The van der Waals surface area contributed by atoms with Gasteiger partial charge in [0.05, 0.1) is 0 Å². The highest BCUT2D eigenvalue weighted by atomic mass is 16.4. The number of hydrogen-bond acceptors (Lipinski definition) is 2. The van der Waals surface area contributed by atoms with E-state index in [4.69, 9.17) is 5.11 Å². The van der Waals surface area contributed by atoms with Gasteiger partial charge in [-0.05, 0) is 25.0 Å². The van der Waals surface area contributed by atoms with Crippen LogP contribution >= 0.6 is 0 Å². The number of aromatic carboxylic acids is 1. The molecule has 0 radical (unpaired) electrons. The van der Waals surface area contributed by atoms with Crippen molar-refractivity contribution in [2.75, 3.05) is 0 Å². The third kappa shape index (κ3) is 2.57. The number of pyridine rings is 1. The smallest absolute Gasteiger partial charge is 0.341 e. The van der Waals surface area contributed by atoms with Gasteiger partial charge in [0.1, 0.15) is 5.56 Å². The van der Waals surface area contributed by atoms with Crippen LogP contribution in [0.1, 0.15) is 68.5 Å². The van der Waals surface area contributed by atoms with E-state index in [2.05, 4.69) is 0 Å². The van der Waals surface area contributed by atoms with Crippen LogP contribution in [-0.4, -0.2) is 15.6 Å². The highest BCUT2D eigenvalue weighted by Crippen LogP contribution is 2.32. The first-order valence-corrected chi connectivity index (χ1v) is 6.81. The van der Waals surface area contributed by atoms with Gasteiger partial charge in [-0.2, -0.15) is 0 Å². The van der Waals surface area contributed by atoms with Crippen LogP contribution in [0.5, 0.6) is 0 Å². The van der Waals surface area contributed by atoms with Crippen molar-refractivity contribution in [3.8, 4) is 0 Å². The molecule has 0 unspecified atom stereocenters. The third-order valence-corrected chi connectivity index (χ3v) is 3.81. The van der Waals surface area contributed by atoms with E-state index < -0.39 is 5.97 Å². The zero-order chi connectivity index (χ0) is 14.2. The molecule has 0 saturated heterocycles. The minimum absolute atomic E-state index is 0.125. The standard InChI is InChI=1S/C15H21NO3/c1-15(2,3)12-9-8-11(14(18)19)13(17)16(12)10-6-4-5-7-10/h8-10H,4-7H2,1-3H3,(H,18,19). The first kappa shape index (κ1) is 13.8. The molecule has 1 aliphatic carbocycles. The van der Waals surface area contributed by atoms with Crippen molar-refractivity contribution in [1.29, 1.82) is 0 Å². The van der Waals surface area contributed by atoms with E-state index in [0.717, 1.165) is 31.4 Å². The summed E-state index contributed by atoms with van der Waals surface area (Å²) < 4.78 is 1.73. The van der Waals surface area contributed by atoms with Gasteiger partial charge in [0, 0.05) is 17.2 Å². The van der Waals surface area contributed by atoms with Crippen molar-refractivity contribution >= 4 is 5.97 Å². The number of carbonyl (C=O) groups is 1. The van der Waals surface area contributed by atoms with Gasteiger partial charge in [-0.25, -0.2) is 4.79 Å². The Morgan fingerprint density at radius 3 is 2.32 bits per heavy atom. The molecule has 0 bridgehead atoms. The summed E-state index contributed by atoms with van der Waals surface area (Å²) in [5.41, 5.74) is 0.278. The fraction of sp³-hybridized carbons (Fsp3) is 0.600. The van der Waals surface area contributed by atoms with Gasteiger partial charge in [-0.15, -0.1) is 0 Å². The molecule has 0 atom stereocenters. The molecule has 104 valence electrons.